The highest BCUT2D eigenvalue weighted by Crippen LogP contribution is 2.11. The van der Waals surface area contributed by atoms with E-state index in [9.17, 15) is 4.79 Å². The van der Waals surface area contributed by atoms with Crippen molar-refractivity contribution in [2.75, 3.05) is 19.8 Å². The van der Waals surface area contributed by atoms with Gasteiger partial charge in [-0.1, -0.05) is 0 Å². The van der Waals surface area contributed by atoms with Crippen LogP contribution in [0.5, 0.6) is 0 Å². The number of aromatic nitrogens is 2. The molecule has 1 heterocycles. The van der Waals surface area contributed by atoms with Crippen molar-refractivity contribution in [3.63, 3.8) is 0 Å². The Hall–Kier alpha value is -1.52. The molecule has 0 aliphatic heterocycles. The minimum atomic E-state index is -0.114. The van der Waals surface area contributed by atoms with E-state index in [1.54, 1.807) is 18.8 Å². The van der Waals surface area contributed by atoms with Gasteiger partial charge in [-0.15, -0.1) is 0 Å². The van der Waals surface area contributed by atoms with Crippen LogP contribution >= 0.6 is 0 Å². The fourth-order valence-electron chi connectivity index (χ4n) is 1.09. The minimum Gasteiger partial charge on any atom is -0.396 e. The van der Waals surface area contributed by atoms with Gasteiger partial charge in [-0.25, -0.2) is 0 Å². The molecule has 0 saturated heterocycles. The van der Waals surface area contributed by atoms with Crippen molar-refractivity contribution < 1.29 is 4.79 Å². The Morgan fingerprint density at radius 3 is 2.77 bits per heavy atom. The van der Waals surface area contributed by atoms with Crippen LogP contribution in [0, 0.1) is 0 Å². The number of anilines is 1. The van der Waals surface area contributed by atoms with Gasteiger partial charge in [0.1, 0.15) is 5.69 Å². The van der Waals surface area contributed by atoms with Crippen LogP contribution in [0.25, 0.3) is 0 Å². The van der Waals surface area contributed by atoms with Crippen molar-refractivity contribution in [3.8, 4) is 0 Å². The third-order valence-electron chi connectivity index (χ3n) is 1.78. The SMILES string of the molecule is CCn1ncc(N)c1C(=O)N(C)C. The van der Waals surface area contributed by atoms with E-state index >= 15 is 0 Å². The van der Waals surface area contributed by atoms with Gasteiger partial charge in [-0.3, -0.25) is 9.48 Å². The van der Waals surface area contributed by atoms with Gasteiger partial charge in [0.2, 0.25) is 0 Å². The van der Waals surface area contributed by atoms with Crippen LogP contribution in [0.4, 0.5) is 5.69 Å². The number of amides is 1. The summed E-state index contributed by atoms with van der Waals surface area (Å²) in [6, 6.07) is 0. The highest BCUT2D eigenvalue weighted by atomic mass is 16.2. The van der Waals surface area contributed by atoms with Gasteiger partial charge in [-0.05, 0) is 6.92 Å². The van der Waals surface area contributed by atoms with Crippen molar-refractivity contribution in [2.45, 2.75) is 13.5 Å². The largest absolute Gasteiger partial charge is 0.396 e. The number of aryl methyl sites for hydroxylation is 1. The summed E-state index contributed by atoms with van der Waals surface area (Å²) in [4.78, 5) is 13.1. The lowest BCUT2D eigenvalue weighted by Crippen LogP contribution is -2.25. The summed E-state index contributed by atoms with van der Waals surface area (Å²) in [5.41, 5.74) is 6.52. The maximum absolute atomic E-state index is 11.6. The zero-order valence-corrected chi connectivity index (χ0v) is 8.11. The standard InChI is InChI=1S/C8H14N4O/c1-4-12-7(6(9)5-10-12)8(13)11(2)3/h5H,4,9H2,1-3H3. The summed E-state index contributed by atoms with van der Waals surface area (Å²) >= 11 is 0. The molecule has 1 rings (SSSR count). The van der Waals surface area contributed by atoms with E-state index in [1.807, 2.05) is 6.92 Å². The molecule has 0 unspecified atom stereocenters. The topological polar surface area (TPSA) is 64.2 Å². The van der Waals surface area contributed by atoms with Gasteiger partial charge in [0.05, 0.1) is 11.9 Å². The Morgan fingerprint density at radius 2 is 2.31 bits per heavy atom. The Balaban J connectivity index is 3.11. The number of rotatable bonds is 2. The van der Waals surface area contributed by atoms with E-state index in [1.165, 1.54) is 11.1 Å². The van der Waals surface area contributed by atoms with E-state index in [0.29, 0.717) is 17.9 Å². The summed E-state index contributed by atoms with van der Waals surface area (Å²) in [5.74, 6) is -0.114. The first kappa shape index (κ1) is 9.57. The molecule has 0 radical (unpaired) electrons. The average Bonchev–Trinajstić information content (AvgIpc) is 2.45. The molecule has 0 atom stereocenters. The summed E-state index contributed by atoms with van der Waals surface area (Å²) in [6.45, 7) is 2.56. The van der Waals surface area contributed by atoms with Crippen LogP contribution in [0.1, 0.15) is 17.4 Å². The Kier molecular flexibility index (Phi) is 2.55. The predicted octanol–water partition coefficient (Wildman–Crippen LogP) is 0.187. The Morgan fingerprint density at radius 1 is 1.69 bits per heavy atom. The van der Waals surface area contributed by atoms with Crippen LogP contribution in [0.3, 0.4) is 0 Å². The first-order valence-electron chi connectivity index (χ1n) is 4.10. The maximum atomic E-state index is 11.6. The highest BCUT2D eigenvalue weighted by molar-refractivity contribution is 5.97. The first-order valence-corrected chi connectivity index (χ1v) is 4.10. The fraction of sp³-hybridized carbons (Fsp3) is 0.500. The van der Waals surface area contributed by atoms with Crippen LogP contribution in [0.15, 0.2) is 6.20 Å². The summed E-state index contributed by atoms with van der Waals surface area (Å²) in [6.07, 6.45) is 1.50. The van der Waals surface area contributed by atoms with Crippen molar-refractivity contribution in [3.05, 3.63) is 11.9 Å². The molecule has 5 heteroatoms. The third-order valence-corrected chi connectivity index (χ3v) is 1.78. The number of nitrogens with zero attached hydrogens (tertiary/aromatic N) is 3. The molecule has 0 saturated carbocycles. The van der Waals surface area contributed by atoms with E-state index in [2.05, 4.69) is 5.10 Å². The Bertz CT molecular complexity index is 316. The molecule has 0 aliphatic carbocycles. The Labute approximate surface area is 77.1 Å². The van der Waals surface area contributed by atoms with Gasteiger partial charge in [-0.2, -0.15) is 5.10 Å². The molecule has 1 aromatic rings. The van der Waals surface area contributed by atoms with Crippen LogP contribution in [-0.4, -0.2) is 34.7 Å². The molecule has 13 heavy (non-hydrogen) atoms. The molecule has 2 N–H and O–H groups in total. The second-order valence-electron chi connectivity index (χ2n) is 2.96. The molecule has 0 aromatic carbocycles. The normalized spacial score (nSPS) is 10.1. The third kappa shape index (κ3) is 1.63. The molecule has 1 aromatic heterocycles. The van der Waals surface area contributed by atoms with Crippen molar-refractivity contribution in [1.29, 1.82) is 0 Å². The molecule has 0 aliphatic rings. The number of carbonyl (C=O) groups is 1. The second kappa shape index (κ2) is 3.47. The molecule has 72 valence electrons. The molecule has 0 fully saturated rings. The summed E-state index contributed by atoms with van der Waals surface area (Å²) in [7, 11) is 3.38. The van der Waals surface area contributed by atoms with E-state index in [4.69, 9.17) is 5.73 Å². The first-order chi connectivity index (χ1) is 6.07. The van der Waals surface area contributed by atoms with Gasteiger partial charge in [0.25, 0.3) is 5.91 Å². The second-order valence-corrected chi connectivity index (χ2v) is 2.96. The number of nitrogens with two attached hydrogens (primary N) is 1. The highest BCUT2D eigenvalue weighted by Gasteiger charge is 2.17. The smallest absolute Gasteiger partial charge is 0.273 e. The summed E-state index contributed by atoms with van der Waals surface area (Å²) < 4.78 is 1.59. The number of hydrogen-bond donors (Lipinski definition) is 1. The van der Waals surface area contributed by atoms with Crippen molar-refractivity contribution in [2.24, 2.45) is 0 Å². The number of hydrogen-bond acceptors (Lipinski definition) is 3. The lowest BCUT2D eigenvalue weighted by molar-refractivity contribution is 0.0816. The average molecular weight is 182 g/mol. The van der Waals surface area contributed by atoms with Gasteiger partial charge in [0, 0.05) is 20.6 Å². The number of carbonyl (C=O) groups excluding carboxylic acids is 1. The molecular formula is C8H14N4O. The number of nitrogen functional groups attached to an aromatic ring is 1. The maximum Gasteiger partial charge on any atom is 0.273 e. The van der Waals surface area contributed by atoms with Gasteiger partial charge >= 0.3 is 0 Å². The quantitative estimate of drug-likeness (QED) is 0.710. The van der Waals surface area contributed by atoms with Crippen molar-refractivity contribution >= 4 is 11.6 Å². The predicted molar refractivity (Wildman–Crippen MR) is 50.3 cm³/mol. The van der Waals surface area contributed by atoms with Crippen LogP contribution in [-0.2, 0) is 6.54 Å². The lowest BCUT2D eigenvalue weighted by Gasteiger charge is -2.11. The molecule has 0 bridgehead atoms. The fourth-order valence-corrected chi connectivity index (χ4v) is 1.09. The van der Waals surface area contributed by atoms with Gasteiger partial charge in [0.15, 0.2) is 0 Å². The molecule has 0 spiro atoms. The zero-order chi connectivity index (χ0) is 10.0. The van der Waals surface area contributed by atoms with Crippen LogP contribution in [0.2, 0.25) is 0 Å². The molecule has 5 nitrogen and oxygen atoms in total. The van der Waals surface area contributed by atoms with E-state index in [-0.39, 0.29) is 5.91 Å². The van der Waals surface area contributed by atoms with E-state index < -0.39 is 0 Å². The summed E-state index contributed by atoms with van der Waals surface area (Å²) in [5, 5.41) is 3.98. The minimum absolute atomic E-state index is 0.114. The van der Waals surface area contributed by atoms with Crippen molar-refractivity contribution in [1.82, 2.24) is 14.7 Å². The lowest BCUT2D eigenvalue weighted by atomic mass is 10.3. The molecule has 1 amide bonds. The van der Waals surface area contributed by atoms with E-state index in [0.717, 1.165) is 0 Å². The zero-order valence-electron chi connectivity index (χ0n) is 8.11. The van der Waals surface area contributed by atoms with Gasteiger partial charge < -0.3 is 10.6 Å². The monoisotopic (exact) mass is 182 g/mol. The van der Waals surface area contributed by atoms with Crippen LogP contribution < -0.4 is 5.73 Å². The molecular weight excluding hydrogens is 168 g/mol.